The fraction of sp³-hybridized carbons (Fsp3) is 0.583. The Kier molecular flexibility index (Phi) is 4.15. The second-order valence-corrected chi connectivity index (χ2v) is 5.02. The summed E-state index contributed by atoms with van der Waals surface area (Å²) in [5.74, 6) is 0.845. The molecule has 1 aromatic rings. The summed E-state index contributed by atoms with van der Waals surface area (Å²) < 4.78 is 6.43. The summed E-state index contributed by atoms with van der Waals surface area (Å²) in [5.41, 5.74) is 1.33. The normalized spacial score (nSPS) is 17.9. The van der Waals surface area contributed by atoms with Crippen LogP contribution in [-0.2, 0) is 11.2 Å². The first-order chi connectivity index (χ1) is 7.34. The van der Waals surface area contributed by atoms with Gasteiger partial charge in [-0.05, 0) is 59.2 Å². The molecular weight excluding hydrogens is 254 g/mol. The summed E-state index contributed by atoms with van der Waals surface area (Å²) in [6, 6.07) is 2.16. The second kappa shape index (κ2) is 5.61. The molecule has 0 spiro atoms. The molecule has 1 aromatic heterocycles. The van der Waals surface area contributed by atoms with Crippen molar-refractivity contribution >= 4 is 15.9 Å². The standard InChI is InChI=1S/C12H16BrNO/c13-12-7-11(8-14-9-12)2-1-10-3-5-15-6-4-10/h7-10H,1-6H2. The van der Waals surface area contributed by atoms with E-state index in [1.165, 1.54) is 24.8 Å². The fourth-order valence-corrected chi connectivity index (χ4v) is 2.41. The second-order valence-electron chi connectivity index (χ2n) is 4.11. The summed E-state index contributed by atoms with van der Waals surface area (Å²) in [4.78, 5) is 4.18. The van der Waals surface area contributed by atoms with E-state index < -0.39 is 0 Å². The Balaban J connectivity index is 1.81. The molecule has 1 aliphatic rings. The summed E-state index contributed by atoms with van der Waals surface area (Å²) in [6.45, 7) is 1.89. The summed E-state index contributed by atoms with van der Waals surface area (Å²) in [5, 5.41) is 0. The number of hydrogen-bond donors (Lipinski definition) is 0. The van der Waals surface area contributed by atoms with Crippen LogP contribution in [0.1, 0.15) is 24.8 Å². The number of aryl methyl sites for hydroxylation is 1. The average Bonchev–Trinajstić information content (AvgIpc) is 2.28. The molecule has 2 nitrogen and oxygen atoms in total. The third kappa shape index (κ3) is 3.58. The minimum Gasteiger partial charge on any atom is -0.381 e. The van der Waals surface area contributed by atoms with E-state index >= 15 is 0 Å². The lowest BCUT2D eigenvalue weighted by molar-refractivity contribution is 0.0640. The molecular formula is C12H16BrNO. The highest BCUT2D eigenvalue weighted by Crippen LogP contribution is 2.21. The third-order valence-electron chi connectivity index (χ3n) is 2.94. The lowest BCUT2D eigenvalue weighted by Crippen LogP contribution is -2.16. The van der Waals surface area contributed by atoms with Crippen molar-refractivity contribution in [2.24, 2.45) is 5.92 Å². The minimum atomic E-state index is 0.845. The van der Waals surface area contributed by atoms with Gasteiger partial charge in [0, 0.05) is 30.1 Å². The smallest absolute Gasteiger partial charge is 0.0468 e. The number of rotatable bonds is 3. The van der Waals surface area contributed by atoms with Crippen molar-refractivity contribution in [3.63, 3.8) is 0 Å². The maximum atomic E-state index is 5.35. The van der Waals surface area contributed by atoms with Gasteiger partial charge < -0.3 is 4.74 Å². The maximum absolute atomic E-state index is 5.35. The first-order valence-corrected chi connectivity index (χ1v) is 6.31. The summed E-state index contributed by atoms with van der Waals surface area (Å²) in [7, 11) is 0. The number of halogens is 1. The van der Waals surface area contributed by atoms with Gasteiger partial charge in [-0.25, -0.2) is 0 Å². The van der Waals surface area contributed by atoms with Gasteiger partial charge in [-0.2, -0.15) is 0 Å². The van der Waals surface area contributed by atoms with Crippen molar-refractivity contribution in [2.45, 2.75) is 25.7 Å². The van der Waals surface area contributed by atoms with E-state index in [1.807, 2.05) is 12.4 Å². The largest absolute Gasteiger partial charge is 0.381 e. The molecule has 0 bridgehead atoms. The highest BCUT2D eigenvalue weighted by atomic mass is 79.9. The SMILES string of the molecule is Brc1cncc(CCC2CCOCC2)c1. The molecule has 0 atom stereocenters. The first kappa shape index (κ1) is 11.1. The van der Waals surface area contributed by atoms with E-state index in [-0.39, 0.29) is 0 Å². The van der Waals surface area contributed by atoms with Crippen LogP contribution in [0.3, 0.4) is 0 Å². The molecule has 0 aromatic carbocycles. The Labute approximate surface area is 99.2 Å². The van der Waals surface area contributed by atoms with Crippen LogP contribution in [0, 0.1) is 5.92 Å². The Bertz CT molecular complexity index is 310. The lowest BCUT2D eigenvalue weighted by atomic mass is 9.93. The van der Waals surface area contributed by atoms with E-state index in [9.17, 15) is 0 Å². The predicted molar refractivity (Wildman–Crippen MR) is 63.8 cm³/mol. The summed E-state index contributed by atoms with van der Waals surface area (Å²) in [6.07, 6.45) is 8.64. The summed E-state index contributed by atoms with van der Waals surface area (Å²) >= 11 is 3.45. The number of pyridine rings is 1. The quantitative estimate of drug-likeness (QED) is 0.841. The fourth-order valence-electron chi connectivity index (χ4n) is 2.00. The molecule has 0 amide bonds. The first-order valence-electron chi connectivity index (χ1n) is 5.52. The van der Waals surface area contributed by atoms with E-state index in [2.05, 4.69) is 27.0 Å². The van der Waals surface area contributed by atoms with E-state index in [1.54, 1.807) is 0 Å². The molecule has 1 saturated heterocycles. The molecule has 0 aliphatic carbocycles. The van der Waals surface area contributed by atoms with Crippen LogP contribution < -0.4 is 0 Å². The Morgan fingerprint density at radius 1 is 1.33 bits per heavy atom. The van der Waals surface area contributed by atoms with Crippen molar-refractivity contribution in [1.29, 1.82) is 0 Å². The number of nitrogens with zero attached hydrogens (tertiary/aromatic N) is 1. The minimum absolute atomic E-state index is 0.845. The number of hydrogen-bond acceptors (Lipinski definition) is 2. The molecule has 0 saturated carbocycles. The van der Waals surface area contributed by atoms with Crippen molar-refractivity contribution in [3.05, 3.63) is 28.5 Å². The van der Waals surface area contributed by atoms with Gasteiger partial charge in [0.2, 0.25) is 0 Å². The van der Waals surface area contributed by atoms with E-state index in [0.717, 1.165) is 30.0 Å². The molecule has 1 fully saturated rings. The molecule has 82 valence electrons. The van der Waals surface area contributed by atoms with Crippen LogP contribution in [0.25, 0.3) is 0 Å². The molecule has 0 N–H and O–H groups in total. The van der Waals surface area contributed by atoms with Crippen LogP contribution in [0.4, 0.5) is 0 Å². The zero-order chi connectivity index (χ0) is 10.5. The zero-order valence-corrected chi connectivity index (χ0v) is 10.4. The van der Waals surface area contributed by atoms with Gasteiger partial charge in [0.25, 0.3) is 0 Å². The van der Waals surface area contributed by atoms with Crippen molar-refractivity contribution in [1.82, 2.24) is 4.98 Å². The van der Waals surface area contributed by atoms with Crippen molar-refractivity contribution < 1.29 is 4.74 Å². The predicted octanol–water partition coefficient (Wildman–Crippen LogP) is 3.20. The number of ether oxygens (including phenoxy) is 1. The van der Waals surface area contributed by atoms with Crippen LogP contribution >= 0.6 is 15.9 Å². The molecule has 3 heteroatoms. The third-order valence-corrected chi connectivity index (χ3v) is 3.38. The number of aromatic nitrogens is 1. The van der Waals surface area contributed by atoms with Gasteiger partial charge in [-0.15, -0.1) is 0 Å². The maximum Gasteiger partial charge on any atom is 0.0468 e. The van der Waals surface area contributed by atoms with Crippen molar-refractivity contribution in [2.75, 3.05) is 13.2 Å². The molecule has 1 aliphatic heterocycles. The lowest BCUT2D eigenvalue weighted by Gasteiger charge is -2.21. The van der Waals surface area contributed by atoms with Crippen LogP contribution in [-0.4, -0.2) is 18.2 Å². The van der Waals surface area contributed by atoms with Gasteiger partial charge in [-0.3, -0.25) is 4.98 Å². The highest BCUT2D eigenvalue weighted by molar-refractivity contribution is 9.10. The van der Waals surface area contributed by atoms with Gasteiger partial charge in [0.15, 0.2) is 0 Å². The Hall–Kier alpha value is -0.410. The van der Waals surface area contributed by atoms with Crippen LogP contribution in [0.5, 0.6) is 0 Å². The van der Waals surface area contributed by atoms with Gasteiger partial charge in [0.1, 0.15) is 0 Å². The van der Waals surface area contributed by atoms with Gasteiger partial charge >= 0.3 is 0 Å². The Morgan fingerprint density at radius 3 is 2.87 bits per heavy atom. The van der Waals surface area contributed by atoms with Crippen LogP contribution in [0.2, 0.25) is 0 Å². The average molecular weight is 270 g/mol. The van der Waals surface area contributed by atoms with Gasteiger partial charge in [0.05, 0.1) is 0 Å². The van der Waals surface area contributed by atoms with Crippen LogP contribution in [0.15, 0.2) is 22.9 Å². The molecule has 0 radical (unpaired) electrons. The molecule has 2 heterocycles. The van der Waals surface area contributed by atoms with E-state index in [0.29, 0.717) is 0 Å². The zero-order valence-electron chi connectivity index (χ0n) is 8.79. The molecule has 15 heavy (non-hydrogen) atoms. The van der Waals surface area contributed by atoms with Crippen molar-refractivity contribution in [3.8, 4) is 0 Å². The Morgan fingerprint density at radius 2 is 2.13 bits per heavy atom. The molecule has 0 unspecified atom stereocenters. The van der Waals surface area contributed by atoms with Gasteiger partial charge in [-0.1, -0.05) is 0 Å². The monoisotopic (exact) mass is 269 g/mol. The van der Waals surface area contributed by atoms with E-state index in [4.69, 9.17) is 4.74 Å². The molecule has 2 rings (SSSR count). The topological polar surface area (TPSA) is 22.1 Å². The highest BCUT2D eigenvalue weighted by Gasteiger charge is 2.13.